The fourth-order valence-corrected chi connectivity index (χ4v) is 1.90. The molecule has 82 valence electrons. The van der Waals surface area contributed by atoms with Gasteiger partial charge in [-0.05, 0) is 36.6 Å². The largest absolute Gasteiger partial charge is 0.469 e. The van der Waals surface area contributed by atoms with E-state index >= 15 is 0 Å². The van der Waals surface area contributed by atoms with Crippen LogP contribution in [0, 0.1) is 0 Å². The fourth-order valence-electron chi connectivity index (χ4n) is 1.26. The maximum absolute atomic E-state index is 10.9. The molecule has 0 aromatic heterocycles. The van der Waals surface area contributed by atoms with Crippen molar-refractivity contribution in [1.29, 1.82) is 0 Å². The zero-order valence-corrected chi connectivity index (χ0v) is 10.8. The highest BCUT2D eigenvalue weighted by atomic mass is 79.9. The highest BCUT2D eigenvalue weighted by molar-refractivity contribution is 9.10. The fraction of sp³-hybridized carbons (Fsp3) is 0.364. The van der Waals surface area contributed by atoms with Crippen LogP contribution in [0.25, 0.3) is 0 Å². The van der Waals surface area contributed by atoms with Gasteiger partial charge in [-0.1, -0.05) is 27.5 Å². The molecule has 0 atom stereocenters. The van der Waals surface area contributed by atoms with E-state index < -0.39 is 0 Å². The maximum Gasteiger partial charge on any atom is 0.305 e. The van der Waals surface area contributed by atoms with Gasteiger partial charge in [0.15, 0.2) is 0 Å². The first-order valence-electron chi connectivity index (χ1n) is 4.64. The van der Waals surface area contributed by atoms with Crippen LogP contribution in [-0.4, -0.2) is 13.1 Å². The minimum absolute atomic E-state index is 0.173. The molecule has 0 saturated carbocycles. The number of ether oxygens (including phenoxy) is 1. The van der Waals surface area contributed by atoms with Crippen molar-refractivity contribution in [3.63, 3.8) is 0 Å². The second kappa shape index (κ2) is 6.13. The van der Waals surface area contributed by atoms with Crippen LogP contribution in [0.4, 0.5) is 0 Å². The van der Waals surface area contributed by atoms with Crippen molar-refractivity contribution in [2.45, 2.75) is 19.3 Å². The monoisotopic (exact) mass is 290 g/mol. The molecule has 0 unspecified atom stereocenters. The van der Waals surface area contributed by atoms with Gasteiger partial charge in [0.1, 0.15) is 0 Å². The summed E-state index contributed by atoms with van der Waals surface area (Å²) in [4.78, 5) is 10.9. The number of hydrogen-bond acceptors (Lipinski definition) is 2. The number of hydrogen-bond donors (Lipinski definition) is 0. The number of methoxy groups -OCH3 is 1. The van der Waals surface area contributed by atoms with Gasteiger partial charge >= 0.3 is 5.97 Å². The highest BCUT2D eigenvalue weighted by Gasteiger charge is 2.04. The lowest BCUT2D eigenvalue weighted by molar-refractivity contribution is -0.140. The van der Waals surface area contributed by atoms with Gasteiger partial charge in [-0.2, -0.15) is 0 Å². The van der Waals surface area contributed by atoms with Crippen LogP contribution in [0.15, 0.2) is 22.7 Å². The Morgan fingerprint density at radius 3 is 2.93 bits per heavy atom. The molecule has 1 aromatic rings. The molecular weight excluding hydrogens is 279 g/mol. The number of esters is 1. The summed E-state index contributed by atoms with van der Waals surface area (Å²) in [5, 5.41) is 0.714. The summed E-state index contributed by atoms with van der Waals surface area (Å²) >= 11 is 9.31. The molecule has 0 saturated heterocycles. The molecule has 0 spiro atoms. The van der Waals surface area contributed by atoms with Gasteiger partial charge in [0.2, 0.25) is 0 Å². The Kier molecular flexibility index (Phi) is 5.12. The first-order chi connectivity index (χ1) is 7.13. The van der Waals surface area contributed by atoms with Gasteiger partial charge in [-0.3, -0.25) is 4.79 Å². The summed E-state index contributed by atoms with van der Waals surface area (Å²) < 4.78 is 5.59. The Morgan fingerprint density at radius 1 is 1.53 bits per heavy atom. The third kappa shape index (κ3) is 4.22. The number of carbonyl (C=O) groups is 1. The maximum atomic E-state index is 10.9. The zero-order valence-electron chi connectivity index (χ0n) is 8.43. The number of carbonyl (C=O) groups excluding carboxylic acids is 1. The van der Waals surface area contributed by atoms with E-state index in [1.165, 1.54) is 7.11 Å². The summed E-state index contributed by atoms with van der Waals surface area (Å²) in [7, 11) is 1.40. The Balaban J connectivity index is 2.50. The minimum atomic E-state index is -0.173. The van der Waals surface area contributed by atoms with Crippen LogP contribution < -0.4 is 0 Å². The van der Waals surface area contributed by atoms with Crippen LogP contribution in [-0.2, 0) is 16.0 Å². The van der Waals surface area contributed by atoms with Crippen molar-refractivity contribution in [1.82, 2.24) is 0 Å². The lowest BCUT2D eigenvalue weighted by Crippen LogP contribution is -2.00. The molecular formula is C11H12BrClO2. The average Bonchev–Trinajstić information content (AvgIpc) is 2.23. The van der Waals surface area contributed by atoms with Crippen LogP contribution in [0.5, 0.6) is 0 Å². The standard InChI is InChI=1S/C11H12BrClO2/c1-15-11(14)4-2-3-8-7-9(13)5-6-10(8)12/h5-7H,2-4H2,1H3. The van der Waals surface area contributed by atoms with E-state index in [0.29, 0.717) is 11.4 Å². The van der Waals surface area contributed by atoms with Gasteiger partial charge in [0, 0.05) is 15.9 Å². The summed E-state index contributed by atoms with van der Waals surface area (Å²) in [6.45, 7) is 0. The van der Waals surface area contributed by atoms with Gasteiger partial charge in [0.25, 0.3) is 0 Å². The molecule has 0 aliphatic rings. The number of rotatable bonds is 4. The molecule has 0 N–H and O–H groups in total. The highest BCUT2D eigenvalue weighted by Crippen LogP contribution is 2.22. The SMILES string of the molecule is COC(=O)CCCc1cc(Cl)ccc1Br. The molecule has 0 aliphatic carbocycles. The molecule has 4 heteroatoms. The molecule has 0 fully saturated rings. The quantitative estimate of drug-likeness (QED) is 0.792. The van der Waals surface area contributed by atoms with E-state index in [9.17, 15) is 4.79 Å². The van der Waals surface area contributed by atoms with Gasteiger partial charge in [0.05, 0.1) is 7.11 Å². The Hall–Kier alpha value is -0.540. The van der Waals surface area contributed by atoms with E-state index in [0.717, 1.165) is 22.9 Å². The van der Waals surface area contributed by atoms with Crippen LogP contribution in [0.3, 0.4) is 0 Å². The van der Waals surface area contributed by atoms with Crippen molar-refractivity contribution in [2.24, 2.45) is 0 Å². The van der Waals surface area contributed by atoms with Crippen LogP contribution >= 0.6 is 27.5 Å². The molecule has 0 radical (unpaired) electrons. The second-order valence-corrected chi connectivity index (χ2v) is 4.46. The zero-order chi connectivity index (χ0) is 11.3. The molecule has 0 aliphatic heterocycles. The van der Waals surface area contributed by atoms with E-state index in [1.54, 1.807) is 0 Å². The van der Waals surface area contributed by atoms with E-state index in [1.807, 2.05) is 18.2 Å². The Labute approximate surface area is 103 Å². The van der Waals surface area contributed by atoms with Crippen molar-refractivity contribution < 1.29 is 9.53 Å². The summed E-state index contributed by atoms with van der Waals surface area (Å²) in [5.41, 5.74) is 1.12. The van der Waals surface area contributed by atoms with Gasteiger partial charge in [-0.25, -0.2) is 0 Å². The number of benzene rings is 1. The number of halogens is 2. The topological polar surface area (TPSA) is 26.3 Å². The van der Waals surface area contributed by atoms with Crippen molar-refractivity contribution in [3.8, 4) is 0 Å². The number of aryl methyl sites for hydroxylation is 1. The molecule has 1 rings (SSSR count). The van der Waals surface area contributed by atoms with Crippen LogP contribution in [0.1, 0.15) is 18.4 Å². The first kappa shape index (κ1) is 12.5. The second-order valence-electron chi connectivity index (χ2n) is 3.17. The molecule has 1 aromatic carbocycles. The third-order valence-corrected chi connectivity index (χ3v) is 3.07. The minimum Gasteiger partial charge on any atom is -0.469 e. The van der Waals surface area contributed by atoms with E-state index in [4.69, 9.17) is 11.6 Å². The lowest BCUT2D eigenvalue weighted by atomic mass is 10.1. The van der Waals surface area contributed by atoms with Crippen LogP contribution in [0.2, 0.25) is 5.02 Å². The third-order valence-electron chi connectivity index (χ3n) is 2.06. The van der Waals surface area contributed by atoms with Gasteiger partial charge < -0.3 is 4.74 Å². The summed E-state index contributed by atoms with van der Waals surface area (Å²) in [5.74, 6) is -0.173. The summed E-state index contributed by atoms with van der Waals surface area (Å²) in [6.07, 6.45) is 2.03. The van der Waals surface area contributed by atoms with Crippen molar-refractivity contribution in [3.05, 3.63) is 33.3 Å². The molecule has 0 heterocycles. The Morgan fingerprint density at radius 2 is 2.27 bits per heavy atom. The predicted molar refractivity (Wildman–Crippen MR) is 64.1 cm³/mol. The Bertz CT molecular complexity index is 352. The summed E-state index contributed by atoms with van der Waals surface area (Å²) in [6, 6.07) is 5.65. The van der Waals surface area contributed by atoms with Crippen molar-refractivity contribution >= 4 is 33.5 Å². The first-order valence-corrected chi connectivity index (χ1v) is 5.81. The van der Waals surface area contributed by atoms with Gasteiger partial charge in [-0.15, -0.1) is 0 Å². The average molecular weight is 292 g/mol. The molecule has 15 heavy (non-hydrogen) atoms. The molecule has 2 nitrogen and oxygen atoms in total. The molecule has 0 bridgehead atoms. The lowest BCUT2D eigenvalue weighted by Gasteiger charge is -2.04. The van der Waals surface area contributed by atoms with E-state index in [-0.39, 0.29) is 5.97 Å². The normalized spacial score (nSPS) is 10.1. The van der Waals surface area contributed by atoms with Crippen molar-refractivity contribution in [2.75, 3.05) is 7.11 Å². The van der Waals surface area contributed by atoms with E-state index in [2.05, 4.69) is 20.7 Å². The molecule has 0 amide bonds. The predicted octanol–water partition coefficient (Wildman–Crippen LogP) is 3.60. The smallest absolute Gasteiger partial charge is 0.305 e.